The van der Waals surface area contributed by atoms with Crippen LogP contribution in [0.5, 0.6) is 11.5 Å². The number of methoxy groups -OCH3 is 1. The molecule has 2 aromatic rings. The SMILES string of the molecule is C=CCc1cc(/C=C2/SC(=O)N(CC=C)C2=O)cc(OC)c1OCc1ccc(Br)cc1. The summed E-state index contributed by atoms with van der Waals surface area (Å²) in [6, 6.07) is 11.6. The number of benzene rings is 2. The molecule has 2 aromatic carbocycles. The van der Waals surface area contributed by atoms with Crippen LogP contribution in [-0.4, -0.2) is 29.7 Å². The van der Waals surface area contributed by atoms with Crippen LogP contribution in [0.2, 0.25) is 0 Å². The molecule has 0 N–H and O–H groups in total. The minimum absolute atomic E-state index is 0.190. The van der Waals surface area contributed by atoms with E-state index in [9.17, 15) is 9.59 Å². The van der Waals surface area contributed by atoms with E-state index in [1.54, 1.807) is 25.3 Å². The molecule has 1 saturated heterocycles. The number of halogens is 1. The highest BCUT2D eigenvalue weighted by Gasteiger charge is 2.34. The average molecular weight is 500 g/mol. The van der Waals surface area contributed by atoms with Gasteiger partial charge in [-0.2, -0.15) is 0 Å². The molecule has 1 heterocycles. The molecule has 31 heavy (non-hydrogen) atoms. The molecule has 7 heteroatoms. The lowest BCUT2D eigenvalue weighted by molar-refractivity contribution is -0.122. The van der Waals surface area contributed by atoms with E-state index >= 15 is 0 Å². The van der Waals surface area contributed by atoms with Gasteiger partial charge in [0.2, 0.25) is 0 Å². The quantitative estimate of drug-likeness (QED) is 0.313. The second-order valence-electron chi connectivity index (χ2n) is 6.70. The maximum Gasteiger partial charge on any atom is 0.293 e. The predicted molar refractivity (Wildman–Crippen MR) is 128 cm³/mol. The first-order chi connectivity index (χ1) is 15.0. The molecule has 0 aliphatic carbocycles. The molecule has 0 radical (unpaired) electrons. The maximum atomic E-state index is 12.5. The van der Waals surface area contributed by atoms with Crippen molar-refractivity contribution in [2.45, 2.75) is 13.0 Å². The lowest BCUT2D eigenvalue weighted by Gasteiger charge is -2.16. The van der Waals surface area contributed by atoms with E-state index in [1.807, 2.05) is 30.3 Å². The molecule has 0 bridgehead atoms. The Morgan fingerprint density at radius 2 is 1.87 bits per heavy atom. The van der Waals surface area contributed by atoms with Crippen LogP contribution in [0.3, 0.4) is 0 Å². The summed E-state index contributed by atoms with van der Waals surface area (Å²) in [4.78, 5) is 26.1. The average Bonchev–Trinajstić information content (AvgIpc) is 3.01. The fraction of sp³-hybridized carbons (Fsp3) is 0.167. The van der Waals surface area contributed by atoms with E-state index in [-0.39, 0.29) is 17.7 Å². The van der Waals surface area contributed by atoms with Gasteiger partial charge in [-0.1, -0.05) is 40.2 Å². The Labute approximate surface area is 194 Å². The Morgan fingerprint density at radius 3 is 2.52 bits per heavy atom. The van der Waals surface area contributed by atoms with Gasteiger partial charge in [-0.25, -0.2) is 0 Å². The number of carbonyl (C=O) groups is 2. The van der Waals surface area contributed by atoms with Crippen molar-refractivity contribution in [2.75, 3.05) is 13.7 Å². The number of imide groups is 1. The monoisotopic (exact) mass is 499 g/mol. The molecule has 0 atom stereocenters. The maximum absolute atomic E-state index is 12.5. The first kappa shape index (κ1) is 22.9. The fourth-order valence-corrected chi connectivity index (χ4v) is 4.18. The Morgan fingerprint density at radius 1 is 1.13 bits per heavy atom. The highest BCUT2D eigenvalue weighted by Crippen LogP contribution is 2.37. The molecule has 160 valence electrons. The van der Waals surface area contributed by atoms with E-state index in [1.165, 1.54) is 11.0 Å². The number of thioether (sulfide) groups is 1. The second-order valence-corrected chi connectivity index (χ2v) is 8.61. The van der Waals surface area contributed by atoms with Crippen LogP contribution in [0.1, 0.15) is 16.7 Å². The third-order valence-electron chi connectivity index (χ3n) is 4.52. The fourth-order valence-electron chi connectivity index (χ4n) is 3.06. The van der Waals surface area contributed by atoms with Crippen LogP contribution < -0.4 is 9.47 Å². The zero-order valence-electron chi connectivity index (χ0n) is 17.1. The lowest BCUT2D eigenvalue weighted by Crippen LogP contribution is -2.27. The highest BCUT2D eigenvalue weighted by atomic mass is 79.9. The van der Waals surface area contributed by atoms with Crippen LogP contribution in [0, 0.1) is 0 Å². The van der Waals surface area contributed by atoms with Gasteiger partial charge in [-0.15, -0.1) is 13.2 Å². The van der Waals surface area contributed by atoms with E-state index in [0.717, 1.165) is 32.9 Å². The molecule has 1 fully saturated rings. The Bertz CT molecular complexity index is 1050. The summed E-state index contributed by atoms with van der Waals surface area (Å²) in [6.45, 7) is 8.00. The van der Waals surface area contributed by atoms with Crippen LogP contribution in [0.15, 0.2) is 71.1 Å². The van der Waals surface area contributed by atoms with Gasteiger partial charge in [0.25, 0.3) is 11.1 Å². The van der Waals surface area contributed by atoms with Crippen molar-refractivity contribution in [2.24, 2.45) is 0 Å². The summed E-state index contributed by atoms with van der Waals surface area (Å²) >= 11 is 4.35. The molecule has 5 nitrogen and oxygen atoms in total. The molecule has 0 spiro atoms. The number of ether oxygens (including phenoxy) is 2. The molecule has 0 unspecified atom stereocenters. The third-order valence-corrected chi connectivity index (χ3v) is 5.95. The van der Waals surface area contributed by atoms with E-state index < -0.39 is 0 Å². The van der Waals surface area contributed by atoms with E-state index in [2.05, 4.69) is 29.1 Å². The number of amides is 2. The molecular weight excluding hydrogens is 478 g/mol. The summed E-state index contributed by atoms with van der Waals surface area (Å²) in [5.74, 6) is 0.852. The first-order valence-corrected chi connectivity index (χ1v) is 11.1. The van der Waals surface area contributed by atoms with E-state index in [0.29, 0.717) is 29.4 Å². The number of hydrogen-bond acceptors (Lipinski definition) is 5. The number of hydrogen-bond donors (Lipinski definition) is 0. The summed E-state index contributed by atoms with van der Waals surface area (Å²) in [7, 11) is 1.57. The first-order valence-electron chi connectivity index (χ1n) is 9.52. The second kappa shape index (κ2) is 10.5. The lowest BCUT2D eigenvalue weighted by atomic mass is 10.0. The number of allylic oxidation sites excluding steroid dienone is 1. The van der Waals surface area contributed by atoms with Gasteiger partial charge >= 0.3 is 0 Å². The molecule has 3 rings (SSSR count). The summed E-state index contributed by atoms with van der Waals surface area (Å²) in [5.41, 5.74) is 2.65. The van der Waals surface area contributed by atoms with E-state index in [4.69, 9.17) is 9.47 Å². The van der Waals surface area contributed by atoms with Crippen LogP contribution in [0.4, 0.5) is 4.79 Å². The van der Waals surface area contributed by atoms with Crippen molar-refractivity contribution in [1.29, 1.82) is 0 Å². The standard InChI is InChI=1S/C24H22BrNO4S/c1-4-6-18-12-17(14-21-23(27)26(11-5-2)24(28)31-21)13-20(29-3)22(18)30-15-16-7-9-19(25)10-8-16/h4-5,7-10,12-14H,1-2,6,11,15H2,3H3/b21-14+. The highest BCUT2D eigenvalue weighted by molar-refractivity contribution is 9.10. The van der Waals surface area contributed by atoms with Crippen molar-refractivity contribution >= 4 is 44.9 Å². The third kappa shape index (κ3) is 5.48. The van der Waals surface area contributed by atoms with Gasteiger partial charge in [-0.3, -0.25) is 14.5 Å². The largest absolute Gasteiger partial charge is 0.493 e. The molecule has 1 aliphatic heterocycles. The topological polar surface area (TPSA) is 55.8 Å². The molecule has 2 amide bonds. The zero-order chi connectivity index (χ0) is 22.4. The van der Waals surface area contributed by atoms with Crippen molar-refractivity contribution in [1.82, 2.24) is 4.90 Å². The van der Waals surface area contributed by atoms with Gasteiger partial charge < -0.3 is 9.47 Å². The molecular formula is C24H22BrNO4S. The summed E-state index contributed by atoms with van der Waals surface area (Å²) < 4.78 is 12.7. The molecule has 1 aliphatic rings. The van der Waals surface area contributed by atoms with Gasteiger partial charge in [-0.05, 0) is 59.7 Å². The predicted octanol–water partition coefficient (Wildman–Crippen LogP) is 5.99. The van der Waals surface area contributed by atoms with Crippen LogP contribution in [0.25, 0.3) is 6.08 Å². The minimum atomic E-state index is -0.324. The normalized spacial score (nSPS) is 14.8. The van der Waals surface area contributed by atoms with Crippen molar-refractivity contribution in [3.05, 3.63) is 87.8 Å². The summed E-state index contributed by atoms with van der Waals surface area (Å²) in [6.07, 6.45) is 5.57. The van der Waals surface area contributed by atoms with Crippen LogP contribution in [-0.2, 0) is 17.8 Å². The van der Waals surface area contributed by atoms with Gasteiger partial charge in [0.1, 0.15) is 6.61 Å². The van der Waals surface area contributed by atoms with Gasteiger partial charge in [0.05, 0.1) is 12.0 Å². The number of nitrogens with zero attached hydrogens (tertiary/aromatic N) is 1. The Hall–Kier alpha value is -2.77. The summed E-state index contributed by atoms with van der Waals surface area (Å²) in [5, 5.41) is -0.302. The van der Waals surface area contributed by atoms with Crippen molar-refractivity contribution in [3.8, 4) is 11.5 Å². The molecule has 0 aromatic heterocycles. The van der Waals surface area contributed by atoms with Crippen LogP contribution >= 0.6 is 27.7 Å². The van der Waals surface area contributed by atoms with Crippen molar-refractivity contribution < 1.29 is 19.1 Å². The number of rotatable bonds is 9. The number of carbonyl (C=O) groups excluding carboxylic acids is 2. The Kier molecular flexibility index (Phi) is 7.76. The smallest absolute Gasteiger partial charge is 0.293 e. The van der Waals surface area contributed by atoms with Crippen molar-refractivity contribution in [3.63, 3.8) is 0 Å². The van der Waals surface area contributed by atoms with Gasteiger partial charge in [0, 0.05) is 16.6 Å². The van der Waals surface area contributed by atoms with Gasteiger partial charge in [0.15, 0.2) is 11.5 Å². The zero-order valence-corrected chi connectivity index (χ0v) is 19.5. The minimum Gasteiger partial charge on any atom is -0.493 e. The molecule has 0 saturated carbocycles. The Balaban J connectivity index is 1.91.